The number of carbonyl (C=O) groups excluding carboxylic acids is 1. The number of piperazine rings is 1. The van der Waals surface area contributed by atoms with E-state index in [-0.39, 0.29) is 5.91 Å². The number of aromatic nitrogens is 1. The van der Waals surface area contributed by atoms with Crippen molar-refractivity contribution in [3.8, 4) is 0 Å². The van der Waals surface area contributed by atoms with Gasteiger partial charge in [-0.25, -0.2) is 9.37 Å². The van der Waals surface area contributed by atoms with Crippen molar-refractivity contribution in [2.75, 3.05) is 32.7 Å². The maximum atomic E-state index is 12.9. The highest BCUT2D eigenvalue weighted by atomic mass is 19.1. The zero-order chi connectivity index (χ0) is 16.1. The normalized spacial score (nSPS) is 15.6. The minimum Gasteiger partial charge on any atom is -0.335 e. The van der Waals surface area contributed by atoms with Gasteiger partial charge in [0.25, 0.3) is 5.91 Å². The van der Waals surface area contributed by atoms with Crippen LogP contribution in [0.1, 0.15) is 16.1 Å². The average molecular weight is 313 g/mol. The zero-order valence-electron chi connectivity index (χ0n) is 13.0. The van der Waals surface area contributed by atoms with Crippen LogP contribution in [0.25, 0.3) is 0 Å². The first-order valence-electron chi connectivity index (χ1n) is 7.89. The predicted molar refractivity (Wildman–Crippen MR) is 86.7 cm³/mol. The SMILES string of the molecule is O=C(c1ccc(F)cn1)N1CCN(CCc2ccccc2)CC1. The van der Waals surface area contributed by atoms with Crippen LogP contribution in [0.3, 0.4) is 0 Å². The number of carbonyl (C=O) groups is 1. The first kappa shape index (κ1) is 15.6. The summed E-state index contributed by atoms with van der Waals surface area (Å²) in [6, 6.07) is 13.1. The minimum absolute atomic E-state index is 0.118. The number of benzene rings is 1. The van der Waals surface area contributed by atoms with E-state index in [1.165, 1.54) is 17.7 Å². The van der Waals surface area contributed by atoms with Crippen molar-refractivity contribution in [1.82, 2.24) is 14.8 Å². The molecule has 0 N–H and O–H groups in total. The van der Waals surface area contributed by atoms with Crippen LogP contribution in [0.2, 0.25) is 0 Å². The van der Waals surface area contributed by atoms with Crippen LogP contribution in [-0.4, -0.2) is 53.4 Å². The molecule has 0 saturated carbocycles. The van der Waals surface area contributed by atoms with Gasteiger partial charge in [-0.15, -0.1) is 0 Å². The van der Waals surface area contributed by atoms with Gasteiger partial charge in [-0.1, -0.05) is 30.3 Å². The molecule has 3 rings (SSSR count). The van der Waals surface area contributed by atoms with Crippen molar-refractivity contribution >= 4 is 5.91 Å². The highest BCUT2D eigenvalue weighted by Gasteiger charge is 2.22. The van der Waals surface area contributed by atoms with E-state index in [4.69, 9.17) is 0 Å². The van der Waals surface area contributed by atoms with Crippen LogP contribution in [0, 0.1) is 5.82 Å². The fraction of sp³-hybridized carbons (Fsp3) is 0.333. The summed E-state index contributed by atoms with van der Waals surface area (Å²) in [5.74, 6) is -0.542. The van der Waals surface area contributed by atoms with E-state index in [1.54, 1.807) is 4.90 Å². The van der Waals surface area contributed by atoms with Crippen molar-refractivity contribution in [3.05, 3.63) is 65.7 Å². The number of halogens is 1. The molecule has 1 fully saturated rings. The molecule has 0 atom stereocenters. The second kappa shape index (κ2) is 7.33. The number of pyridine rings is 1. The van der Waals surface area contributed by atoms with Gasteiger partial charge in [0.1, 0.15) is 11.5 Å². The summed E-state index contributed by atoms with van der Waals surface area (Å²) in [4.78, 5) is 20.3. The highest BCUT2D eigenvalue weighted by Crippen LogP contribution is 2.09. The Balaban J connectivity index is 1.48. The van der Waals surface area contributed by atoms with Crippen molar-refractivity contribution in [2.24, 2.45) is 0 Å². The van der Waals surface area contributed by atoms with Crippen LogP contribution in [0.5, 0.6) is 0 Å². The number of rotatable bonds is 4. The summed E-state index contributed by atoms with van der Waals surface area (Å²) < 4.78 is 12.9. The summed E-state index contributed by atoms with van der Waals surface area (Å²) in [6.45, 7) is 4.10. The number of nitrogens with zero attached hydrogens (tertiary/aromatic N) is 3. The molecule has 1 amide bonds. The van der Waals surface area contributed by atoms with Crippen LogP contribution in [0.4, 0.5) is 4.39 Å². The van der Waals surface area contributed by atoms with Crippen LogP contribution >= 0.6 is 0 Å². The minimum atomic E-state index is -0.424. The molecule has 1 saturated heterocycles. The van der Waals surface area contributed by atoms with Gasteiger partial charge in [-0.3, -0.25) is 9.69 Å². The molecule has 2 aromatic rings. The van der Waals surface area contributed by atoms with Crippen molar-refractivity contribution in [3.63, 3.8) is 0 Å². The fourth-order valence-electron chi connectivity index (χ4n) is 2.77. The van der Waals surface area contributed by atoms with Crippen molar-refractivity contribution < 1.29 is 9.18 Å². The molecule has 23 heavy (non-hydrogen) atoms. The lowest BCUT2D eigenvalue weighted by atomic mass is 10.1. The number of hydrogen-bond donors (Lipinski definition) is 0. The van der Waals surface area contributed by atoms with E-state index in [1.807, 2.05) is 6.07 Å². The molecule has 4 nitrogen and oxygen atoms in total. The van der Waals surface area contributed by atoms with Gasteiger partial charge in [0.15, 0.2) is 0 Å². The Labute approximate surface area is 135 Å². The molecule has 1 aromatic heterocycles. The molecule has 0 unspecified atom stereocenters. The maximum absolute atomic E-state index is 12.9. The zero-order valence-corrected chi connectivity index (χ0v) is 13.0. The van der Waals surface area contributed by atoms with E-state index < -0.39 is 5.82 Å². The molecule has 2 heterocycles. The quantitative estimate of drug-likeness (QED) is 0.868. The molecule has 0 radical (unpaired) electrons. The second-order valence-electron chi connectivity index (χ2n) is 5.73. The first-order chi connectivity index (χ1) is 11.2. The Morgan fingerprint density at radius 2 is 1.78 bits per heavy atom. The third-order valence-electron chi connectivity index (χ3n) is 4.17. The number of amides is 1. The Morgan fingerprint density at radius 3 is 2.43 bits per heavy atom. The molecule has 120 valence electrons. The first-order valence-corrected chi connectivity index (χ1v) is 7.89. The smallest absolute Gasteiger partial charge is 0.272 e. The lowest BCUT2D eigenvalue weighted by Crippen LogP contribution is -2.49. The number of hydrogen-bond acceptors (Lipinski definition) is 3. The monoisotopic (exact) mass is 313 g/mol. The van der Waals surface area contributed by atoms with E-state index in [0.29, 0.717) is 18.8 Å². The topological polar surface area (TPSA) is 36.4 Å². The van der Waals surface area contributed by atoms with E-state index in [9.17, 15) is 9.18 Å². The Morgan fingerprint density at radius 1 is 1.04 bits per heavy atom. The summed E-state index contributed by atoms with van der Waals surface area (Å²) in [7, 11) is 0. The van der Waals surface area contributed by atoms with Gasteiger partial charge in [-0.05, 0) is 24.1 Å². The molecule has 1 aliphatic rings. The van der Waals surface area contributed by atoms with Crippen LogP contribution < -0.4 is 0 Å². The van der Waals surface area contributed by atoms with E-state index >= 15 is 0 Å². The maximum Gasteiger partial charge on any atom is 0.272 e. The third kappa shape index (κ3) is 4.13. The van der Waals surface area contributed by atoms with Gasteiger partial charge in [0, 0.05) is 32.7 Å². The largest absolute Gasteiger partial charge is 0.335 e. The second-order valence-corrected chi connectivity index (χ2v) is 5.73. The highest BCUT2D eigenvalue weighted by molar-refractivity contribution is 5.92. The third-order valence-corrected chi connectivity index (χ3v) is 4.17. The lowest BCUT2D eigenvalue weighted by molar-refractivity contribution is 0.0632. The predicted octanol–water partition coefficient (Wildman–Crippen LogP) is 2.22. The molecule has 5 heteroatoms. The molecule has 0 aliphatic carbocycles. The van der Waals surface area contributed by atoms with Crippen molar-refractivity contribution in [2.45, 2.75) is 6.42 Å². The molecular formula is C18H20FN3O. The summed E-state index contributed by atoms with van der Waals surface area (Å²) in [6.07, 6.45) is 2.11. The van der Waals surface area contributed by atoms with Gasteiger partial charge in [-0.2, -0.15) is 0 Å². The standard InChI is InChI=1S/C18H20FN3O/c19-16-6-7-17(20-14-16)18(23)22-12-10-21(11-13-22)9-8-15-4-2-1-3-5-15/h1-7,14H,8-13H2. The average Bonchev–Trinajstić information content (AvgIpc) is 2.61. The summed E-state index contributed by atoms with van der Waals surface area (Å²) >= 11 is 0. The van der Waals surface area contributed by atoms with Gasteiger partial charge in [0.05, 0.1) is 6.20 Å². The fourth-order valence-corrected chi connectivity index (χ4v) is 2.77. The van der Waals surface area contributed by atoms with Crippen molar-refractivity contribution in [1.29, 1.82) is 0 Å². The Kier molecular flexibility index (Phi) is 4.98. The molecule has 0 spiro atoms. The van der Waals surface area contributed by atoms with Crippen LogP contribution in [0.15, 0.2) is 48.7 Å². The lowest BCUT2D eigenvalue weighted by Gasteiger charge is -2.34. The van der Waals surface area contributed by atoms with Gasteiger partial charge < -0.3 is 4.90 Å². The molecule has 1 aliphatic heterocycles. The van der Waals surface area contributed by atoms with Gasteiger partial charge in [0.2, 0.25) is 0 Å². The Hall–Kier alpha value is -2.27. The molecule has 0 bridgehead atoms. The Bertz CT molecular complexity index is 637. The van der Waals surface area contributed by atoms with Crippen LogP contribution in [-0.2, 0) is 6.42 Å². The summed E-state index contributed by atoms with van der Waals surface area (Å²) in [5.41, 5.74) is 1.64. The van der Waals surface area contributed by atoms with E-state index in [0.717, 1.165) is 32.3 Å². The molecule has 1 aromatic carbocycles. The molecular weight excluding hydrogens is 293 g/mol. The van der Waals surface area contributed by atoms with E-state index in [2.05, 4.69) is 34.1 Å². The summed E-state index contributed by atoms with van der Waals surface area (Å²) in [5, 5.41) is 0. The van der Waals surface area contributed by atoms with Gasteiger partial charge >= 0.3 is 0 Å².